The largest absolute Gasteiger partial charge is 0.455 e. The van der Waals surface area contributed by atoms with Gasteiger partial charge < -0.3 is 4.74 Å². The summed E-state index contributed by atoms with van der Waals surface area (Å²) in [5.74, 6) is 2.04. The number of benzene rings is 4. The molecule has 1 aromatic heterocycles. The molecule has 5 aromatic rings. The van der Waals surface area contributed by atoms with Crippen LogP contribution in [0, 0.1) is 24.1 Å². The first-order chi connectivity index (χ1) is 17.5. The second kappa shape index (κ2) is 8.28. The van der Waals surface area contributed by atoms with Gasteiger partial charge in [-0.25, -0.2) is 8.96 Å². The maximum Gasteiger partial charge on any atom is 0.228 e. The van der Waals surface area contributed by atoms with Crippen molar-refractivity contribution >= 4 is 32.3 Å². The molecule has 0 amide bonds. The molecule has 6 rings (SSSR count). The van der Waals surface area contributed by atoms with Crippen molar-refractivity contribution in [2.24, 2.45) is 18.4 Å². The summed E-state index contributed by atoms with van der Waals surface area (Å²) in [6.07, 6.45) is 4.01. The molecular formula is C34H35FNO+. The lowest BCUT2D eigenvalue weighted by atomic mass is 9.83. The van der Waals surface area contributed by atoms with Crippen molar-refractivity contribution in [3.63, 3.8) is 0 Å². The molecule has 0 aliphatic carbocycles. The summed E-state index contributed by atoms with van der Waals surface area (Å²) in [7, 11) is 2.08. The van der Waals surface area contributed by atoms with Gasteiger partial charge in [-0.05, 0) is 70.5 Å². The Morgan fingerprint density at radius 3 is 2.46 bits per heavy atom. The number of hydrogen-bond acceptors (Lipinski definition) is 1. The summed E-state index contributed by atoms with van der Waals surface area (Å²) in [6, 6.07) is 16.3. The average molecular weight is 493 g/mol. The van der Waals surface area contributed by atoms with Gasteiger partial charge in [0.15, 0.2) is 6.20 Å². The summed E-state index contributed by atoms with van der Waals surface area (Å²) in [6.45, 7) is 13.6. The number of aromatic nitrogens is 1. The highest BCUT2D eigenvalue weighted by Crippen LogP contribution is 2.52. The third-order valence-corrected chi connectivity index (χ3v) is 7.66. The van der Waals surface area contributed by atoms with Gasteiger partial charge in [-0.1, -0.05) is 65.0 Å². The van der Waals surface area contributed by atoms with Gasteiger partial charge in [0.25, 0.3) is 0 Å². The Bertz CT molecular complexity index is 1740. The number of rotatable bonds is 3. The minimum Gasteiger partial charge on any atom is -0.455 e. The molecule has 1 aliphatic rings. The van der Waals surface area contributed by atoms with Crippen molar-refractivity contribution in [3.05, 3.63) is 77.2 Å². The molecule has 0 N–H and O–H groups in total. The fourth-order valence-corrected chi connectivity index (χ4v) is 6.23. The smallest absolute Gasteiger partial charge is 0.228 e. The molecular weight excluding hydrogens is 457 g/mol. The summed E-state index contributed by atoms with van der Waals surface area (Å²) >= 11 is 0. The van der Waals surface area contributed by atoms with Gasteiger partial charge in [-0.3, -0.25) is 0 Å². The van der Waals surface area contributed by atoms with E-state index in [1.165, 1.54) is 27.5 Å². The average Bonchev–Trinajstić information content (AvgIpc) is 2.82. The topological polar surface area (TPSA) is 13.1 Å². The summed E-state index contributed by atoms with van der Waals surface area (Å²) in [4.78, 5) is 0. The molecule has 0 radical (unpaired) electrons. The van der Waals surface area contributed by atoms with Gasteiger partial charge >= 0.3 is 0 Å². The molecule has 2 nitrogen and oxygen atoms in total. The second-order valence-corrected chi connectivity index (χ2v) is 12.4. The van der Waals surface area contributed by atoms with Crippen LogP contribution in [-0.4, -0.2) is 0 Å². The van der Waals surface area contributed by atoms with Crippen LogP contribution in [0.1, 0.15) is 51.3 Å². The number of fused-ring (bicyclic) bond motifs is 5. The van der Waals surface area contributed by atoms with E-state index in [4.69, 9.17) is 4.74 Å². The first-order valence-corrected chi connectivity index (χ1v) is 13.3. The maximum absolute atomic E-state index is 15.1. The van der Waals surface area contributed by atoms with E-state index < -0.39 is 0 Å². The van der Waals surface area contributed by atoms with Crippen LogP contribution in [0.5, 0.6) is 11.5 Å². The summed E-state index contributed by atoms with van der Waals surface area (Å²) in [5, 5.41) is 5.96. The van der Waals surface area contributed by atoms with Gasteiger partial charge in [-0.15, -0.1) is 0 Å². The van der Waals surface area contributed by atoms with Crippen LogP contribution >= 0.6 is 0 Å². The predicted octanol–water partition coefficient (Wildman–Crippen LogP) is 8.98. The SMILES string of the molecule is Cc1c2c(c(CC(C)C)c3ccc(CC(C)(C)C)cc13)Oc1cc3cccc(F)c3c3cc[n+](C)c-2c13. The van der Waals surface area contributed by atoms with Crippen LogP contribution in [0.25, 0.3) is 43.6 Å². The Morgan fingerprint density at radius 2 is 1.73 bits per heavy atom. The van der Waals surface area contributed by atoms with Gasteiger partial charge in [0, 0.05) is 22.4 Å². The van der Waals surface area contributed by atoms with Crippen molar-refractivity contribution in [1.82, 2.24) is 0 Å². The Kier molecular flexibility index (Phi) is 5.35. The van der Waals surface area contributed by atoms with E-state index in [1.54, 1.807) is 12.1 Å². The van der Waals surface area contributed by atoms with Crippen LogP contribution in [0.4, 0.5) is 4.39 Å². The number of pyridine rings is 1. The number of nitrogens with zero attached hydrogens (tertiary/aromatic N) is 1. The monoisotopic (exact) mass is 492 g/mol. The van der Waals surface area contributed by atoms with E-state index in [0.29, 0.717) is 11.3 Å². The van der Waals surface area contributed by atoms with E-state index >= 15 is 4.39 Å². The van der Waals surface area contributed by atoms with Crippen LogP contribution in [-0.2, 0) is 19.9 Å². The Hall–Kier alpha value is -3.46. The van der Waals surface area contributed by atoms with Crippen molar-refractivity contribution in [2.45, 2.75) is 54.4 Å². The first kappa shape index (κ1) is 23.9. The molecule has 0 unspecified atom stereocenters. The Balaban J connectivity index is 1.76. The number of ether oxygens (including phenoxy) is 1. The molecule has 0 spiro atoms. The van der Waals surface area contributed by atoms with Crippen LogP contribution in [0.2, 0.25) is 0 Å². The summed E-state index contributed by atoms with van der Waals surface area (Å²) < 4.78 is 24.2. The molecule has 0 bridgehead atoms. The van der Waals surface area contributed by atoms with Gasteiger partial charge in [0.2, 0.25) is 5.69 Å². The van der Waals surface area contributed by atoms with E-state index in [2.05, 4.69) is 77.6 Å². The van der Waals surface area contributed by atoms with E-state index in [-0.39, 0.29) is 11.2 Å². The van der Waals surface area contributed by atoms with Gasteiger partial charge in [-0.2, -0.15) is 0 Å². The predicted molar refractivity (Wildman–Crippen MR) is 152 cm³/mol. The Labute approximate surface area is 218 Å². The first-order valence-electron chi connectivity index (χ1n) is 13.3. The van der Waals surface area contributed by atoms with E-state index in [9.17, 15) is 0 Å². The molecule has 1 aliphatic heterocycles. The molecule has 3 heteroatoms. The standard InChI is InChI=1S/C34H35FNO/c1-19(2)15-26-23-12-11-21(18-34(4,5)6)16-25(23)20(3)29-32-31-24(13-14-36(32)7)30-22(9-8-10-27(30)35)17-28(31)37-33(26)29/h8-14,16-17,19H,15,18H2,1-7H3/q+1. The van der Waals surface area contributed by atoms with Crippen LogP contribution in [0.3, 0.4) is 0 Å². The van der Waals surface area contributed by atoms with Crippen LogP contribution in [0.15, 0.2) is 54.7 Å². The number of halogens is 1. The fourth-order valence-electron chi connectivity index (χ4n) is 6.23. The number of aryl methyl sites for hydroxylation is 2. The molecule has 0 atom stereocenters. The highest BCUT2D eigenvalue weighted by atomic mass is 19.1. The maximum atomic E-state index is 15.1. The van der Waals surface area contributed by atoms with Crippen molar-refractivity contribution < 1.29 is 13.7 Å². The minimum absolute atomic E-state index is 0.197. The van der Waals surface area contributed by atoms with Crippen LogP contribution < -0.4 is 9.30 Å². The molecule has 0 saturated carbocycles. The lowest BCUT2D eigenvalue weighted by Crippen LogP contribution is -2.32. The summed E-state index contributed by atoms with van der Waals surface area (Å²) in [5.41, 5.74) is 6.27. The van der Waals surface area contributed by atoms with Crippen molar-refractivity contribution in [2.75, 3.05) is 0 Å². The highest BCUT2D eigenvalue weighted by molar-refractivity contribution is 6.16. The normalized spacial score (nSPS) is 13.0. The van der Waals surface area contributed by atoms with Crippen molar-refractivity contribution in [3.8, 4) is 22.8 Å². The molecule has 37 heavy (non-hydrogen) atoms. The fraction of sp³-hybridized carbons (Fsp3) is 0.324. The lowest BCUT2D eigenvalue weighted by molar-refractivity contribution is -0.659. The Morgan fingerprint density at radius 1 is 0.946 bits per heavy atom. The minimum atomic E-state index is -0.197. The molecule has 0 saturated heterocycles. The third-order valence-electron chi connectivity index (χ3n) is 7.66. The highest BCUT2D eigenvalue weighted by Gasteiger charge is 2.34. The molecule has 4 aromatic carbocycles. The van der Waals surface area contributed by atoms with E-state index in [0.717, 1.165) is 51.8 Å². The van der Waals surface area contributed by atoms with Gasteiger partial charge in [0.1, 0.15) is 24.4 Å². The zero-order chi connectivity index (χ0) is 26.2. The third kappa shape index (κ3) is 3.79. The quantitative estimate of drug-likeness (QED) is 0.177. The molecule has 0 fully saturated rings. The van der Waals surface area contributed by atoms with E-state index in [1.807, 2.05) is 18.2 Å². The zero-order valence-corrected chi connectivity index (χ0v) is 22.9. The van der Waals surface area contributed by atoms with Crippen molar-refractivity contribution in [1.29, 1.82) is 0 Å². The number of hydrogen-bond donors (Lipinski definition) is 0. The lowest BCUT2D eigenvalue weighted by Gasteiger charge is -2.27. The molecule has 2 heterocycles. The van der Waals surface area contributed by atoms with Gasteiger partial charge in [0.05, 0.1) is 10.9 Å². The molecule has 188 valence electrons. The second-order valence-electron chi connectivity index (χ2n) is 12.4. The zero-order valence-electron chi connectivity index (χ0n) is 22.9.